The lowest BCUT2D eigenvalue weighted by Crippen LogP contribution is -2.52. The van der Waals surface area contributed by atoms with E-state index in [1.807, 2.05) is 0 Å². The molecule has 252 valence electrons. The van der Waals surface area contributed by atoms with Gasteiger partial charge in [-0.2, -0.15) is 0 Å². The van der Waals surface area contributed by atoms with Crippen LogP contribution in [-0.2, 0) is 16.1 Å². The van der Waals surface area contributed by atoms with Gasteiger partial charge in [0.2, 0.25) is 11.8 Å². The summed E-state index contributed by atoms with van der Waals surface area (Å²) in [6.45, 7) is 1.05. The Kier molecular flexibility index (Phi) is 9.77. The fourth-order valence-corrected chi connectivity index (χ4v) is 7.00. The van der Waals surface area contributed by atoms with Crippen LogP contribution in [-0.4, -0.2) is 92.5 Å². The second-order valence-corrected chi connectivity index (χ2v) is 13.7. The Morgan fingerprint density at radius 3 is 2.54 bits per heavy atom. The molecule has 2 aromatic carbocycles. The average Bonchev–Trinajstić information content (AvgIpc) is 3.06. The number of piperidine rings is 1. The Balaban J connectivity index is 1.03. The summed E-state index contributed by atoms with van der Waals surface area (Å²) in [5, 5.41) is 19.1. The molecule has 1 aliphatic carbocycles. The Labute approximate surface area is 283 Å². The van der Waals surface area contributed by atoms with Gasteiger partial charge in [-0.05, 0) is 82.6 Å². The number of aromatic nitrogens is 3. The quantitative estimate of drug-likeness (QED) is 0.258. The molecule has 13 heteroatoms. The third kappa shape index (κ3) is 7.51. The molecule has 0 radical (unpaired) electrons. The van der Waals surface area contributed by atoms with Gasteiger partial charge in [0, 0.05) is 47.9 Å². The summed E-state index contributed by atoms with van der Waals surface area (Å²) in [5.41, 5.74) is 0.697. The first-order valence-electron chi connectivity index (χ1n) is 16.3. The molecule has 3 N–H and O–H groups in total. The van der Waals surface area contributed by atoms with Crippen LogP contribution in [0.2, 0.25) is 5.02 Å². The minimum Gasteiger partial charge on any atom is -0.388 e. The number of likely N-dealkylation sites (tertiary alicyclic amines) is 1. The van der Waals surface area contributed by atoms with E-state index in [1.54, 1.807) is 72.6 Å². The minimum absolute atomic E-state index is 0.0403. The summed E-state index contributed by atoms with van der Waals surface area (Å²) in [7, 11) is 3.61. The van der Waals surface area contributed by atoms with E-state index in [0.29, 0.717) is 65.0 Å². The molecule has 0 spiro atoms. The number of pyridine rings is 1. The van der Waals surface area contributed by atoms with Gasteiger partial charge in [0.25, 0.3) is 11.5 Å². The predicted octanol–water partition coefficient (Wildman–Crippen LogP) is 3.44. The summed E-state index contributed by atoms with van der Waals surface area (Å²) < 4.78 is 1.42. The SMILES string of the molecule is CN(C)CC(=O)Nc1ccc2c(=O)n(CC3(O)CCN(C(=O)C4CCCC(NC(=O)c5ccc6c(Cl)ccnc6c5)C4)CC3)cnc2c1. The Morgan fingerprint density at radius 2 is 1.77 bits per heavy atom. The van der Waals surface area contributed by atoms with Gasteiger partial charge in [-0.15, -0.1) is 0 Å². The molecule has 2 atom stereocenters. The number of hydrogen-bond donors (Lipinski definition) is 3. The van der Waals surface area contributed by atoms with Gasteiger partial charge in [0.05, 0.1) is 46.5 Å². The lowest BCUT2D eigenvalue weighted by Gasteiger charge is -2.40. The molecule has 2 unspecified atom stereocenters. The maximum atomic E-state index is 13.6. The van der Waals surface area contributed by atoms with Crippen molar-refractivity contribution in [3.05, 3.63) is 75.9 Å². The number of benzene rings is 2. The van der Waals surface area contributed by atoms with Gasteiger partial charge < -0.3 is 25.5 Å². The summed E-state index contributed by atoms with van der Waals surface area (Å²) in [6.07, 6.45) is 6.62. The molecule has 12 nitrogen and oxygen atoms in total. The second-order valence-electron chi connectivity index (χ2n) is 13.3. The highest BCUT2D eigenvalue weighted by Crippen LogP contribution is 2.30. The van der Waals surface area contributed by atoms with Crippen molar-refractivity contribution in [3.8, 4) is 0 Å². The zero-order valence-corrected chi connectivity index (χ0v) is 27.9. The second kappa shape index (κ2) is 14.0. The molecule has 6 rings (SSSR count). The third-order valence-electron chi connectivity index (χ3n) is 9.35. The van der Waals surface area contributed by atoms with Gasteiger partial charge in [0.15, 0.2) is 0 Å². The summed E-state index contributed by atoms with van der Waals surface area (Å²) in [5.74, 6) is -0.544. The number of likely N-dealkylation sites (N-methyl/N-ethyl adjacent to an activating group) is 1. The molecule has 48 heavy (non-hydrogen) atoms. The standard InChI is InChI=1S/C35H40ClN7O5/c1-41(2)19-31(44)39-25-7-9-27-30(18-25)38-21-43(34(27)47)20-35(48)11-14-42(15-12-35)33(46)23-4-3-5-24(16-23)40-32(45)22-6-8-26-28(36)10-13-37-29(26)17-22/h6-10,13,17-18,21,23-24,48H,3-5,11-12,14-16,19-20H2,1-2H3,(H,39,44)(H,40,45). The highest BCUT2D eigenvalue weighted by atomic mass is 35.5. The van der Waals surface area contributed by atoms with E-state index in [0.717, 1.165) is 24.6 Å². The van der Waals surface area contributed by atoms with Crippen LogP contribution in [0.15, 0.2) is 59.8 Å². The monoisotopic (exact) mass is 673 g/mol. The van der Waals surface area contributed by atoms with E-state index in [2.05, 4.69) is 20.6 Å². The van der Waals surface area contributed by atoms with Crippen LogP contribution in [0.25, 0.3) is 21.8 Å². The van der Waals surface area contributed by atoms with E-state index >= 15 is 0 Å². The van der Waals surface area contributed by atoms with E-state index in [4.69, 9.17) is 11.6 Å². The number of nitrogens with one attached hydrogen (secondary N) is 2. The number of rotatable bonds is 8. The first-order chi connectivity index (χ1) is 23.0. The molecule has 1 aliphatic heterocycles. The lowest BCUT2D eigenvalue weighted by atomic mass is 9.83. The number of nitrogens with zero attached hydrogens (tertiary/aromatic N) is 5. The van der Waals surface area contributed by atoms with E-state index in [1.165, 1.54) is 10.9 Å². The Bertz CT molecular complexity index is 1920. The van der Waals surface area contributed by atoms with E-state index < -0.39 is 5.60 Å². The van der Waals surface area contributed by atoms with Crippen molar-refractivity contribution in [2.24, 2.45) is 5.92 Å². The van der Waals surface area contributed by atoms with Crippen molar-refractivity contribution in [1.29, 1.82) is 0 Å². The minimum atomic E-state index is -1.17. The Hall–Kier alpha value is -4.39. The molecule has 1 saturated carbocycles. The van der Waals surface area contributed by atoms with Crippen molar-refractivity contribution in [3.63, 3.8) is 0 Å². The molecule has 3 amide bonds. The van der Waals surface area contributed by atoms with Gasteiger partial charge in [0.1, 0.15) is 0 Å². The molecule has 2 aliphatic rings. The molecule has 2 aromatic heterocycles. The van der Waals surface area contributed by atoms with Crippen LogP contribution in [0.5, 0.6) is 0 Å². The number of anilines is 1. The number of hydrogen-bond acceptors (Lipinski definition) is 8. The van der Waals surface area contributed by atoms with Crippen LogP contribution in [0.1, 0.15) is 48.9 Å². The van der Waals surface area contributed by atoms with Crippen molar-refractivity contribution in [2.75, 3.05) is 39.0 Å². The average molecular weight is 674 g/mol. The van der Waals surface area contributed by atoms with Crippen LogP contribution in [0.4, 0.5) is 5.69 Å². The largest absolute Gasteiger partial charge is 0.388 e. The van der Waals surface area contributed by atoms with Gasteiger partial charge >= 0.3 is 0 Å². The molecule has 2 fully saturated rings. The first-order valence-corrected chi connectivity index (χ1v) is 16.7. The summed E-state index contributed by atoms with van der Waals surface area (Å²) >= 11 is 6.24. The van der Waals surface area contributed by atoms with E-state index in [9.17, 15) is 24.3 Å². The number of fused-ring (bicyclic) bond motifs is 2. The zero-order chi connectivity index (χ0) is 34.0. The van der Waals surface area contributed by atoms with Crippen molar-refractivity contribution < 1.29 is 19.5 Å². The summed E-state index contributed by atoms with van der Waals surface area (Å²) in [6, 6.07) is 11.8. The fraction of sp³-hybridized carbons (Fsp3) is 0.429. The first kappa shape index (κ1) is 33.5. The normalized spacial score (nSPS) is 19.4. The number of amides is 3. The van der Waals surface area contributed by atoms with Crippen molar-refractivity contribution >= 4 is 56.8 Å². The Morgan fingerprint density at radius 1 is 1.02 bits per heavy atom. The third-order valence-corrected chi connectivity index (χ3v) is 9.68. The van der Waals surface area contributed by atoms with Gasteiger partial charge in [-0.1, -0.05) is 24.1 Å². The molecular formula is C35H40ClN7O5. The van der Waals surface area contributed by atoms with Gasteiger partial charge in [-0.25, -0.2) is 4.98 Å². The number of aliphatic hydroxyl groups is 1. The maximum Gasteiger partial charge on any atom is 0.261 e. The summed E-state index contributed by atoms with van der Waals surface area (Å²) in [4.78, 5) is 64.4. The number of carbonyl (C=O) groups excluding carboxylic acids is 3. The van der Waals surface area contributed by atoms with E-state index in [-0.39, 0.29) is 48.3 Å². The van der Waals surface area contributed by atoms with Gasteiger partial charge in [-0.3, -0.25) is 28.7 Å². The lowest BCUT2D eigenvalue weighted by molar-refractivity contribution is -0.141. The maximum absolute atomic E-state index is 13.6. The molecular weight excluding hydrogens is 634 g/mol. The number of carbonyl (C=O) groups is 3. The molecule has 0 bridgehead atoms. The molecule has 1 saturated heterocycles. The highest BCUT2D eigenvalue weighted by Gasteiger charge is 2.38. The van der Waals surface area contributed by atoms with Crippen LogP contribution >= 0.6 is 11.6 Å². The predicted molar refractivity (Wildman–Crippen MR) is 184 cm³/mol. The topological polar surface area (TPSA) is 150 Å². The van der Waals surface area contributed by atoms with Crippen molar-refractivity contribution in [1.82, 2.24) is 29.7 Å². The smallest absolute Gasteiger partial charge is 0.261 e. The van der Waals surface area contributed by atoms with Crippen LogP contribution in [0.3, 0.4) is 0 Å². The number of halogens is 1. The fourth-order valence-electron chi connectivity index (χ4n) is 6.78. The highest BCUT2D eigenvalue weighted by molar-refractivity contribution is 6.35. The van der Waals surface area contributed by atoms with Crippen LogP contribution < -0.4 is 16.2 Å². The van der Waals surface area contributed by atoms with Crippen LogP contribution in [0, 0.1) is 5.92 Å². The van der Waals surface area contributed by atoms with Crippen molar-refractivity contribution in [2.45, 2.75) is 56.7 Å². The molecule has 3 heterocycles. The zero-order valence-electron chi connectivity index (χ0n) is 27.1. The molecule has 4 aromatic rings.